The molecule has 1 rings (SSSR count). The van der Waals surface area contributed by atoms with E-state index in [1.165, 1.54) is 0 Å². The number of halogens is 1. The lowest BCUT2D eigenvalue weighted by atomic mass is 10.0. The summed E-state index contributed by atoms with van der Waals surface area (Å²) in [6.45, 7) is 2.23. The molecule has 0 saturated heterocycles. The summed E-state index contributed by atoms with van der Waals surface area (Å²) < 4.78 is 0. The minimum Gasteiger partial charge on any atom is -0.390 e. The zero-order valence-corrected chi connectivity index (χ0v) is 9.41. The van der Waals surface area contributed by atoms with E-state index in [1.807, 2.05) is 13.0 Å². The molecule has 2 unspecified atom stereocenters. The molecule has 0 saturated carbocycles. The van der Waals surface area contributed by atoms with E-state index in [0.717, 1.165) is 5.56 Å². The number of hydrogen-bond donors (Lipinski definition) is 3. The molecular formula is C11H16ClNO2. The lowest BCUT2D eigenvalue weighted by Crippen LogP contribution is -2.21. The fourth-order valence-electron chi connectivity index (χ4n) is 1.34. The quantitative estimate of drug-likeness (QED) is 0.731. The van der Waals surface area contributed by atoms with Crippen molar-refractivity contribution < 1.29 is 10.2 Å². The molecule has 0 heterocycles. The summed E-state index contributed by atoms with van der Waals surface area (Å²) in [5.41, 5.74) is 6.86. The molecule has 3 nitrogen and oxygen atoms in total. The fraction of sp³-hybridized carbons (Fsp3) is 0.455. The zero-order chi connectivity index (χ0) is 11.4. The summed E-state index contributed by atoms with van der Waals surface area (Å²) >= 11 is 5.92. The second-order valence-corrected chi connectivity index (χ2v) is 4.01. The number of aliphatic hydroxyl groups excluding tert-OH is 2. The van der Waals surface area contributed by atoms with E-state index in [-0.39, 0.29) is 0 Å². The normalized spacial score (nSPS) is 15.0. The summed E-state index contributed by atoms with van der Waals surface area (Å²) in [6, 6.07) is 5.24. The fourth-order valence-corrected chi connectivity index (χ4v) is 1.53. The van der Waals surface area contributed by atoms with Gasteiger partial charge < -0.3 is 15.9 Å². The van der Waals surface area contributed by atoms with E-state index in [9.17, 15) is 10.2 Å². The van der Waals surface area contributed by atoms with Gasteiger partial charge in [0.25, 0.3) is 0 Å². The van der Waals surface area contributed by atoms with Crippen molar-refractivity contribution >= 4 is 11.6 Å². The number of aliphatic hydroxyl groups is 2. The molecule has 0 aliphatic heterocycles. The molecule has 0 bridgehead atoms. The average molecular weight is 230 g/mol. The Morgan fingerprint density at radius 3 is 2.60 bits per heavy atom. The zero-order valence-electron chi connectivity index (χ0n) is 8.65. The third kappa shape index (κ3) is 3.18. The Balaban J connectivity index is 2.81. The molecule has 4 N–H and O–H groups in total. The minimum atomic E-state index is -0.924. The van der Waals surface area contributed by atoms with Crippen LogP contribution in [0.2, 0.25) is 5.02 Å². The molecule has 0 amide bonds. The first-order valence-corrected chi connectivity index (χ1v) is 5.26. The van der Waals surface area contributed by atoms with Crippen LogP contribution in [0.1, 0.15) is 23.7 Å². The molecule has 0 aliphatic carbocycles. The molecule has 15 heavy (non-hydrogen) atoms. The Labute approximate surface area is 94.5 Å². The van der Waals surface area contributed by atoms with E-state index in [4.69, 9.17) is 17.3 Å². The highest BCUT2D eigenvalue weighted by Gasteiger charge is 2.17. The number of rotatable bonds is 4. The first-order chi connectivity index (χ1) is 7.06. The summed E-state index contributed by atoms with van der Waals surface area (Å²) in [4.78, 5) is 0. The maximum atomic E-state index is 9.77. The predicted octanol–water partition coefficient (Wildman–Crippen LogP) is 1.39. The maximum Gasteiger partial charge on any atom is 0.105 e. The molecule has 1 aromatic carbocycles. The Hall–Kier alpha value is -0.610. The molecule has 84 valence electrons. The number of benzene rings is 1. The van der Waals surface area contributed by atoms with E-state index in [2.05, 4.69) is 0 Å². The smallest absolute Gasteiger partial charge is 0.105 e. The Bertz CT molecular complexity index is 330. The largest absolute Gasteiger partial charge is 0.390 e. The molecule has 4 heteroatoms. The van der Waals surface area contributed by atoms with Crippen molar-refractivity contribution in [2.24, 2.45) is 5.73 Å². The molecule has 2 atom stereocenters. The minimum absolute atomic E-state index is 0.345. The Morgan fingerprint density at radius 2 is 2.07 bits per heavy atom. The molecule has 0 fully saturated rings. The van der Waals surface area contributed by atoms with Crippen molar-refractivity contribution in [3.05, 3.63) is 34.3 Å². The second kappa shape index (κ2) is 5.47. The summed E-state index contributed by atoms with van der Waals surface area (Å²) in [5.74, 6) is 0. The van der Waals surface area contributed by atoms with Gasteiger partial charge in [-0.25, -0.2) is 0 Å². The third-order valence-corrected chi connectivity index (χ3v) is 2.77. The van der Waals surface area contributed by atoms with Gasteiger partial charge in [0.05, 0.1) is 6.10 Å². The van der Waals surface area contributed by atoms with Crippen LogP contribution >= 0.6 is 11.6 Å². The lowest BCUT2D eigenvalue weighted by molar-refractivity contribution is 0.0150. The monoisotopic (exact) mass is 229 g/mol. The van der Waals surface area contributed by atoms with Crippen LogP contribution in [-0.4, -0.2) is 22.9 Å². The van der Waals surface area contributed by atoms with Gasteiger partial charge in [0.15, 0.2) is 0 Å². The van der Waals surface area contributed by atoms with Crippen molar-refractivity contribution in [2.45, 2.75) is 25.6 Å². The van der Waals surface area contributed by atoms with Gasteiger partial charge in [0.2, 0.25) is 0 Å². The van der Waals surface area contributed by atoms with Crippen LogP contribution in [-0.2, 0) is 0 Å². The molecule has 0 aromatic heterocycles. The highest BCUT2D eigenvalue weighted by Crippen LogP contribution is 2.24. The number of aryl methyl sites for hydroxylation is 1. The summed E-state index contributed by atoms with van der Waals surface area (Å²) in [5, 5.41) is 19.9. The van der Waals surface area contributed by atoms with Crippen molar-refractivity contribution in [3.8, 4) is 0 Å². The molecule has 0 radical (unpaired) electrons. The molecule has 0 aliphatic rings. The number of hydrogen-bond acceptors (Lipinski definition) is 3. The van der Waals surface area contributed by atoms with E-state index in [0.29, 0.717) is 23.6 Å². The van der Waals surface area contributed by atoms with Gasteiger partial charge in [0.1, 0.15) is 6.10 Å². The number of nitrogens with two attached hydrogens (primary N) is 1. The Morgan fingerprint density at radius 1 is 1.40 bits per heavy atom. The molecular weight excluding hydrogens is 214 g/mol. The van der Waals surface area contributed by atoms with Crippen LogP contribution in [0.4, 0.5) is 0 Å². The lowest BCUT2D eigenvalue weighted by Gasteiger charge is -2.17. The van der Waals surface area contributed by atoms with Gasteiger partial charge in [-0.15, -0.1) is 0 Å². The topological polar surface area (TPSA) is 66.5 Å². The highest BCUT2D eigenvalue weighted by atomic mass is 35.5. The van der Waals surface area contributed by atoms with Crippen LogP contribution in [0, 0.1) is 6.92 Å². The van der Waals surface area contributed by atoms with Crippen LogP contribution in [0.15, 0.2) is 18.2 Å². The van der Waals surface area contributed by atoms with E-state index < -0.39 is 12.2 Å². The van der Waals surface area contributed by atoms with Crippen LogP contribution in [0.3, 0.4) is 0 Å². The third-order valence-electron chi connectivity index (χ3n) is 2.36. The van der Waals surface area contributed by atoms with Gasteiger partial charge in [-0.3, -0.25) is 0 Å². The van der Waals surface area contributed by atoms with Crippen LogP contribution in [0.5, 0.6) is 0 Å². The standard InChI is InChI=1S/C11H16ClNO2/c1-7-2-3-8(6-9(7)12)11(15)10(14)4-5-13/h2-3,6,10-11,14-15H,4-5,13H2,1H3. The first-order valence-electron chi connectivity index (χ1n) is 4.88. The predicted molar refractivity (Wildman–Crippen MR) is 60.8 cm³/mol. The van der Waals surface area contributed by atoms with Gasteiger partial charge in [-0.2, -0.15) is 0 Å². The van der Waals surface area contributed by atoms with Gasteiger partial charge in [-0.1, -0.05) is 23.7 Å². The average Bonchev–Trinajstić information content (AvgIpc) is 2.21. The second-order valence-electron chi connectivity index (χ2n) is 3.60. The van der Waals surface area contributed by atoms with Crippen molar-refractivity contribution in [3.63, 3.8) is 0 Å². The van der Waals surface area contributed by atoms with E-state index >= 15 is 0 Å². The maximum absolute atomic E-state index is 9.77. The Kier molecular flexibility index (Phi) is 4.54. The summed E-state index contributed by atoms with van der Waals surface area (Å²) in [7, 11) is 0. The van der Waals surface area contributed by atoms with E-state index in [1.54, 1.807) is 12.1 Å². The van der Waals surface area contributed by atoms with Gasteiger partial charge >= 0.3 is 0 Å². The van der Waals surface area contributed by atoms with Crippen molar-refractivity contribution in [1.29, 1.82) is 0 Å². The van der Waals surface area contributed by atoms with Crippen molar-refractivity contribution in [1.82, 2.24) is 0 Å². The highest BCUT2D eigenvalue weighted by molar-refractivity contribution is 6.31. The molecule has 0 spiro atoms. The van der Waals surface area contributed by atoms with Crippen LogP contribution < -0.4 is 5.73 Å². The summed E-state index contributed by atoms with van der Waals surface area (Å²) in [6.07, 6.45) is -1.40. The SMILES string of the molecule is Cc1ccc(C(O)C(O)CCN)cc1Cl. The first kappa shape index (κ1) is 12.5. The van der Waals surface area contributed by atoms with Gasteiger partial charge in [-0.05, 0) is 37.1 Å². The molecule has 1 aromatic rings. The van der Waals surface area contributed by atoms with Crippen LogP contribution in [0.25, 0.3) is 0 Å². The van der Waals surface area contributed by atoms with Crippen molar-refractivity contribution in [2.75, 3.05) is 6.54 Å². The van der Waals surface area contributed by atoms with Gasteiger partial charge in [0, 0.05) is 5.02 Å².